The number of β-amino-alcohol motifs (C(OH)–C–C–N with tert-alkyl or cyclic N) is 1. The second kappa shape index (κ2) is 6.78. The largest absolute Gasteiger partial charge is 0.395 e. The Hall–Kier alpha value is -2.51. The Balaban J connectivity index is 1.65. The molecule has 2 aromatic heterocycles. The van der Waals surface area contributed by atoms with Crippen LogP contribution in [0.15, 0.2) is 42.9 Å². The number of aliphatic hydroxyl groups is 1. The Labute approximate surface area is 145 Å². The Bertz CT molecular complexity index is 856. The molecular formula is C18H20FN5O. The van der Waals surface area contributed by atoms with Crippen molar-refractivity contribution in [2.45, 2.75) is 0 Å². The third-order valence-electron chi connectivity index (χ3n) is 4.64. The van der Waals surface area contributed by atoms with E-state index >= 15 is 0 Å². The van der Waals surface area contributed by atoms with Crippen LogP contribution >= 0.6 is 0 Å². The first-order valence-electron chi connectivity index (χ1n) is 8.42. The lowest BCUT2D eigenvalue weighted by Crippen LogP contribution is -2.47. The van der Waals surface area contributed by atoms with Gasteiger partial charge in [0.1, 0.15) is 5.82 Å². The minimum Gasteiger partial charge on any atom is -0.395 e. The number of imidazole rings is 1. The van der Waals surface area contributed by atoms with Gasteiger partial charge in [-0.1, -0.05) is 0 Å². The van der Waals surface area contributed by atoms with Crippen molar-refractivity contribution in [2.24, 2.45) is 0 Å². The molecule has 1 aliphatic heterocycles. The number of halogens is 1. The fourth-order valence-corrected chi connectivity index (χ4v) is 3.29. The number of fused-ring (bicyclic) bond motifs is 1. The average Bonchev–Trinajstić information content (AvgIpc) is 3.08. The lowest BCUT2D eigenvalue weighted by Gasteiger charge is -2.35. The van der Waals surface area contributed by atoms with Crippen LogP contribution in [-0.4, -0.2) is 63.7 Å². The van der Waals surface area contributed by atoms with Gasteiger partial charge in [-0.2, -0.15) is 0 Å². The summed E-state index contributed by atoms with van der Waals surface area (Å²) in [5, 5.41) is 9.07. The lowest BCUT2D eigenvalue weighted by molar-refractivity contribution is 0.188. The molecule has 4 rings (SSSR count). The minimum absolute atomic E-state index is 0.190. The molecule has 1 aliphatic rings. The highest BCUT2D eigenvalue weighted by atomic mass is 19.1. The van der Waals surface area contributed by atoms with Crippen molar-refractivity contribution >= 4 is 11.5 Å². The number of nitrogens with zero attached hydrogens (tertiary/aromatic N) is 5. The van der Waals surface area contributed by atoms with Gasteiger partial charge in [-0.25, -0.2) is 14.4 Å². The number of benzene rings is 1. The van der Waals surface area contributed by atoms with Crippen LogP contribution in [0.4, 0.5) is 10.2 Å². The summed E-state index contributed by atoms with van der Waals surface area (Å²) in [4.78, 5) is 13.6. The van der Waals surface area contributed by atoms with E-state index in [0.717, 1.165) is 48.9 Å². The van der Waals surface area contributed by atoms with Crippen LogP contribution in [0.3, 0.4) is 0 Å². The van der Waals surface area contributed by atoms with Crippen molar-refractivity contribution in [3.05, 3.63) is 48.7 Å². The molecule has 25 heavy (non-hydrogen) atoms. The third kappa shape index (κ3) is 3.08. The second-order valence-corrected chi connectivity index (χ2v) is 6.15. The number of aliphatic hydroxyl groups excluding tert-OH is 1. The summed E-state index contributed by atoms with van der Waals surface area (Å²) in [6, 6.07) is 6.42. The summed E-state index contributed by atoms with van der Waals surface area (Å²) in [7, 11) is 0. The van der Waals surface area contributed by atoms with Crippen LogP contribution in [0.1, 0.15) is 0 Å². The van der Waals surface area contributed by atoms with E-state index in [2.05, 4.69) is 19.8 Å². The van der Waals surface area contributed by atoms with Gasteiger partial charge < -0.3 is 10.0 Å². The van der Waals surface area contributed by atoms with E-state index in [4.69, 9.17) is 5.11 Å². The Morgan fingerprint density at radius 1 is 1.04 bits per heavy atom. The zero-order chi connectivity index (χ0) is 17.2. The maximum atomic E-state index is 13.2. The first kappa shape index (κ1) is 16.0. The Kier molecular flexibility index (Phi) is 4.33. The predicted molar refractivity (Wildman–Crippen MR) is 94.1 cm³/mol. The molecule has 1 aromatic carbocycles. The molecule has 0 atom stereocenters. The number of rotatable bonds is 4. The summed E-state index contributed by atoms with van der Waals surface area (Å²) in [5.41, 5.74) is 2.63. The highest BCUT2D eigenvalue weighted by Crippen LogP contribution is 2.25. The molecule has 0 spiro atoms. The van der Waals surface area contributed by atoms with Gasteiger partial charge in [0.2, 0.25) is 0 Å². The van der Waals surface area contributed by atoms with E-state index < -0.39 is 0 Å². The summed E-state index contributed by atoms with van der Waals surface area (Å²) < 4.78 is 15.2. The van der Waals surface area contributed by atoms with E-state index in [9.17, 15) is 4.39 Å². The first-order valence-corrected chi connectivity index (χ1v) is 8.42. The number of hydrogen-bond donors (Lipinski definition) is 1. The molecule has 130 valence electrons. The van der Waals surface area contributed by atoms with Gasteiger partial charge in [-0.3, -0.25) is 9.30 Å². The Morgan fingerprint density at radius 2 is 1.80 bits per heavy atom. The van der Waals surface area contributed by atoms with E-state index in [1.807, 2.05) is 10.6 Å². The first-order chi connectivity index (χ1) is 12.3. The van der Waals surface area contributed by atoms with Gasteiger partial charge in [0, 0.05) is 50.7 Å². The predicted octanol–water partition coefficient (Wildman–Crippen LogP) is 1.65. The smallest absolute Gasteiger partial charge is 0.180 e. The van der Waals surface area contributed by atoms with Crippen molar-refractivity contribution in [1.82, 2.24) is 19.3 Å². The normalized spacial score (nSPS) is 15.8. The SMILES string of the molecule is OCCN1CCN(c2nccn3c(-c4ccc(F)cc4)cnc23)CC1. The quantitative estimate of drug-likeness (QED) is 0.782. The summed E-state index contributed by atoms with van der Waals surface area (Å²) >= 11 is 0. The summed E-state index contributed by atoms with van der Waals surface area (Å²) in [6.07, 6.45) is 5.46. The average molecular weight is 341 g/mol. The van der Waals surface area contributed by atoms with Crippen molar-refractivity contribution < 1.29 is 9.50 Å². The molecule has 7 heteroatoms. The van der Waals surface area contributed by atoms with Crippen LogP contribution in [0.25, 0.3) is 16.9 Å². The molecular weight excluding hydrogens is 321 g/mol. The highest BCUT2D eigenvalue weighted by molar-refractivity contribution is 5.71. The van der Waals surface area contributed by atoms with Crippen molar-refractivity contribution in [1.29, 1.82) is 0 Å². The van der Waals surface area contributed by atoms with Crippen molar-refractivity contribution in [2.75, 3.05) is 44.2 Å². The topological polar surface area (TPSA) is 56.9 Å². The molecule has 0 unspecified atom stereocenters. The zero-order valence-corrected chi connectivity index (χ0v) is 13.8. The molecule has 1 N–H and O–H groups in total. The third-order valence-corrected chi connectivity index (χ3v) is 4.64. The van der Waals surface area contributed by atoms with Crippen LogP contribution < -0.4 is 4.90 Å². The molecule has 6 nitrogen and oxygen atoms in total. The fourth-order valence-electron chi connectivity index (χ4n) is 3.29. The number of aromatic nitrogens is 3. The van der Waals surface area contributed by atoms with Crippen molar-refractivity contribution in [3.63, 3.8) is 0 Å². The molecule has 1 fully saturated rings. The van der Waals surface area contributed by atoms with Gasteiger partial charge in [-0.05, 0) is 24.3 Å². The van der Waals surface area contributed by atoms with E-state index in [0.29, 0.717) is 6.54 Å². The van der Waals surface area contributed by atoms with Crippen LogP contribution in [0, 0.1) is 5.82 Å². The molecule has 0 saturated carbocycles. The molecule has 3 heterocycles. The van der Waals surface area contributed by atoms with Gasteiger partial charge in [-0.15, -0.1) is 0 Å². The molecule has 0 amide bonds. The lowest BCUT2D eigenvalue weighted by atomic mass is 10.2. The van der Waals surface area contributed by atoms with Gasteiger partial charge in [0.25, 0.3) is 0 Å². The highest BCUT2D eigenvalue weighted by Gasteiger charge is 2.21. The van der Waals surface area contributed by atoms with Crippen LogP contribution in [-0.2, 0) is 0 Å². The van der Waals surface area contributed by atoms with Gasteiger partial charge >= 0.3 is 0 Å². The monoisotopic (exact) mass is 341 g/mol. The van der Waals surface area contributed by atoms with Crippen LogP contribution in [0.5, 0.6) is 0 Å². The molecule has 1 saturated heterocycles. The number of piperazine rings is 1. The zero-order valence-electron chi connectivity index (χ0n) is 13.8. The molecule has 0 aliphatic carbocycles. The number of anilines is 1. The Morgan fingerprint density at radius 3 is 2.52 bits per heavy atom. The summed E-state index contributed by atoms with van der Waals surface area (Å²) in [5.74, 6) is 0.611. The molecule has 3 aromatic rings. The minimum atomic E-state index is -0.249. The van der Waals surface area contributed by atoms with E-state index in [1.54, 1.807) is 24.5 Å². The molecule has 0 bridgehead atoms. The maximum Gasteiger partial charge on any atom is 0.180 e. The van der Waals surface area contributed by atoms with Gasteiger partial charge in [0.15, 0.2) is 11.5 Å². The van der Waals surface area contributed by atoms with Gasteiger partial charge in [0.05, 0.1) is 18.5 Å². The fraction of sp³-hybridized carbons (Fsp3) is 0.333. The summed E-state index contributed by atoms with van der Waals surface area (Å²) in [6.45, 7) is 4.40. The molecule has 0 radical (unpaired) electrons. The second-order valence-electron chi connectivity index (χ2n) is 6.15. The maximum absolute atomic E-state index is 13.2. The van der Waals surface area contributed by atoms with E-state index in [-0.39, 0.29) is 12.4 Å². The van der Waals surface area contributed by atoms with Crippen molar-refractivity contribution in [3.8, 4) is 11.3 Å². The standard InChI is InChI=1S/C18H20FN5O/c19-15-3-1-14(2-4-15)16-13-21-18-17(20-5-6-24(16)18)23-9-7-22(8-10-23)11-12-25/h1-6,13,25H,7-12H2. The van der Waals surface area contributed by atoms with Crippen LogP contribution in [0.2, 0.25) is 0 Å². The van der Waals surface area contributed by atoms with E-state index in [1.165, 1.54) is 12.1 Å². The number of hydrogen-bond acceptors (Lipinski definition) is 5.